The first-order valence-electron chi connectivity index (χ1n) is 9.44. The smallest absolute Gasteiger partial charge is 0.257 e. The van der Waals surface area contributed by atoms with E-state index in [1.54, 1.807) is 32.4 Å². The molecule has 0 aromatic heterocycles. The van der Waals surface area contributed by atoms with Crippen molar-refractivity contribution >= 4 is 11.8 Å². The zero-order valence-electron chi connectivity index (χ0n) is 15.7. The van der Waals surface area contributed by atoms with Crippen LogP contribution >= 0.6 is 0 Å². The topological polar surface area (TPSA) is 59.1 Å². The maximum Gasteiger partial charge on any atom is 0.257 e. The lowest BCUT2D eigenvalue weighted by atomic mass is 9.94. The summed E-state index contributed by atoms with van der Waals surface area (Å²) in [5.74, 6) is 1.45. The predicted octanol–water partition coefficient (Wildman–Crippen LogP) is 2.57. The SMILES string of the molecule is COc1ccc(C(=O)N2CCC(C(=O)N3CCCCC3)CC2)c(OC)c1. The monoisotopic (exact) mass is 360 g/mol. The molecule has 6 heteroatoms. The summed E-state index contributed by atoms with van der Waals surface area (Å²) in [5.41, 5.74) is 0.536. The number of methoxy groups -OCH3 is 2. The number of hydrogen-bond acceptors (Lipinski definition) is 4. The predicted molar refractivity (Wildman–Crippen MR) is 98.6 cm³/mol. The van der Waals surface area contributed by atoms with Gasteiger partial charge in [0.25, 0.3) is 5.91 Å². The maximum absolute atomic E-state index is 12.9. The molecule has 0 aliphatic carbocycles. The van der Waals surface area contributed by atoms with Crippen molar-refractivity contribution in [2.75, 3.05) is 40.4 Å². The number of benzene rings is 1. The Morgan fingerprint density at radius 1 is 0.923 bits per heavy atom. The maximum atomic E-state index is 12.9. The highest BCUT2D eigenvalue weighted by Gasteiger charge is 2.31. The fourth-order valence-electron chi connectivity index (χ4n) is 3.85. The van der Waals surface area contributed by atoms with Crippen LogP contribution in [0.5, 0.6) is 11.5 Å². The molecular formula is C20H28N2O4. The van der Waals surface area contributed by atoms with E-state index in [2.05, 4.69) is 0 Å². The number of carbonyl (C=O) groups excluding carboxylic acids is 2. The fraction of sp³-hybridized carbons (Fsp3) is 0.600. The van der Waals surface area contributed by atoms with Crippen LogP contribution in [0.3, 0.4) is 0 Å². The van der Waals surface area contributed by atoms with E-state index in [-0.39, 0.29) is 17.7 Å². The highest BCUT2D eigenvalue weighted by molar-refractivity contribution is 5.97. The minimum absolute atomic E-state index is 0.0478. The Labute approximate surface area is 155 Å². The molecule has 0 spiro atoms. The number of rotatable bonds is 4. The van der Waals surface area contributed by atoms with E-state index in [1.165, 1.54) is 6.42 Å². The molecule has 0 saturated carbocycles. The Morgan fingerprint density at radius 3 is 2.23 bits per heavy atom. The molecule has 1 aromatic carbocycles. The van der Waals surface area contributed by atoms with Crippen molar-refractivity contribution in [3.63, 3.8) is 0 Å². The van der Waals surface area contributed by atoms with Crippen molar-refractivity contribution < 1.29 is 19.1 Å². The van der Waals surface area contributed by atoms with E-state index < -0.39 is 0 Å². The van der Waals surface area contributed by atoms with Crippen molar-refractivity contribution in [2.45, 2.75) is 32.1 Å². The van der Waals surface area contributed by atoms with E-state index in [1.807, 2.05) is 9.80 Å². The third-order valence-corrected chi connectivity index (χ3v) is 5.44. The molecule has 1 aromatic rings. The Balaban J connectivity index is 1.61. The van der Waals surface area contributed by atoms with Gasteiger partial charge in [-0.15, -0.1) is 0 Å². The molecule has 6 nitrogen and oxygen atoms in total. The Bertz CT molecular complexity index is 647. The van der Waals surface area contributed by atoms with Crippen molar-refractivity contribution in [1.82, 2.24) is 9.80 Å². The standard InChI is InChI=1S/C20H28N2O4/c1-25-16-6-7-17(18(14-16)26-2)20(24)22-12-8-15(9-13-22)19(23)21-10-4-3-5-11-21/h6-7,14-15H,3-5,8-13H2,1-2H3. The van der Waals surface area contributed by atoms with Gasteiger partial charge in [-0.05, 0) is 44.2 Å². The highest BCUT2D eigenvalue weighted by Crippen LogP contribution is 2.28. The molecule has 26 heavy (non-hydrogen) atoms. The van der Waals surface area contributed by atoms with Crippen LogP contribution in [-0.2, 0) is 4.79 Å². The second-order valence-corrected chi connectivity index (χ2v) is 7.02. The van der Waals surface area contributed by atoms with Crippen molar-refractivity contribution in [3.05, 3.63) is 23.8 Å². The van der Waals surface area contributed by atoms with E-state index in [0.29, 0.717) is 30.2 Å². The summed E-state index contributed by atoms with van der Waals surface area (Å²) in [4.78, 5) is 29.4. The summed E-state index contributed by atoms with van der Waals surface area (Å²) in [5, 5.41) is 0. The first kappa shape index (κ1) is 18.5. The van der Waals surface area contributed by atoms with Crippen LogP contribution in [0.1, 0.15) is 42.5 Å². The summed E-state index contributed by atoms with van der Waals surface area (Å²) in [6, 6.07) is 5.23. The van der Waals surface area contributed by atoms with Gasteiger partial charge in [-0.1, -0.05) is 0 Å². The lowest BCUT2D eigenvalue weighted by Gasteiger charge is -2.35. The Kier molecular flexibility index (Phi) is 6.01. The second kappa shape index (κ2) is 8.43. The van der Waals surface area contributed by atoms with Crippen molar-refractivity contribution in [3.8, 4) is 11.5 Å². The normalized spacial score (nSPS) is 18.5. The quantitative estimate of drug-likeness (QED) is 0.828. The van der Waals surface area contributed by atoms with Crippen LogP contribution < -0.4 is 9.47 Å². The number of amides is 2. The summed E-state index contributed by atoms with van der Waals surface area (Å²) < 4.78 is 10.5. The summed E-state index contributed by atoms with van der Waals surface area (Å²) in [7, 11) is 3.13. The minimum atomic E-state index is -0.0478. The van der Waals surface area contributed by atoms with Gasteiger partial charge in [0, 0.05) is 38.2 Å². The first-order valence-corrected chi connectivity index (χ1v) is 9.44. The number of ether oxygens (including phenoxy) is 2. The van der Waals surface area contributed by atoms with Gasteiger partial charge in [-0.25, -0.2) is 0 Å². The van der Waals surface area contributed by atoms with Gasteiger partial charge in [-0.2, -0.15) is 0 Å². The summed E-state index contributed by atoms with van der Waals surface area (Å²) >= 11 is 0. The van der Waals surface area contributed by atoms with E-state index >= 15 is 0 Å². The van der Waals surface area contributed by atoms with Crippen LogP contribution in [-0.4, -0.2) is 62.0 Å². The molecule has 2 fully saturated rings. The lowest BCUT2D eigenvalue weighted by molar-refractivity contribution is -0.137. The average Bonchev–Trinajstić information content (AvgIpc) is 2.73. The zero-order valence-corrected chi connectivity index (χ0v) is 15.7. The molecule has 0 atom stereocenters. The minimum Gasteiger partial charge on any atom is -0.497 e. The lowest BCUT2D eigenvalue weighted by Crippen LogP contribution is -2.45. The third-order valence-electron chi connectivity index (χ3n) is 5.44. The Morgan fingerprint density at radius 2 is 1.62 bits per heavy atom. The molecule has 2 amide bonds. The van der Waals surface area contributed by atoms with Crippen LogP contribution in [0.2, 0.25) is 0 Å². The van der Waals surface area contributed by atoms with Crippen LogP contribution in [0.15, 0.2) is 18.2 Å². The van der Waals surface area contributed by atoms with Crippen molar-refractivity contribution in [1.29, 1.82) is 0 Å². The molecular weight excluding hydrogens is 332 g/mol. The van der Waals surface area contributed by atoms with Gasteiger partial charge in [0.15, 0.2) is 0 Å². The molecule has 0 unspecified atom stereocenters. The van der Waals surface area contributed by atoms with Gasteiger partial charge in [0.05, 0.1) is 19.8 Å². The van der Waals surface area contributed by atoms with Gasteiger partial charge in [-0.3, -0.25) is 9.59 Å². The molecule has 2 saturated heterocycles. The highest BCUT2D eigenvalue weighted by atomic mass is 16.5. The van der Waals surface area contributed by atoms with Gasteiger partial charge in [0.2, 0.25) is 5.91 Å². The Hall–Kier alpha value is -2.24. The van der Waals surface area contributed by atoms with Gasteiger partial charge < -0.3 is 19.3 Å². The fourth-order valence-corrected chi connectivity index (χ4v) is 3.85. The van der Waals surface area contributed by atoms with Gasteiger partial charge in [0.1, 0.15) is 11.5 Å². The average molecular weight is 360 g/mol. The summed E-state index contributed by atoms with van der Waals surface area (Å²) in [6.07, 6.45) is 4.92. The van der Waals surface area contributed by atoms with Crippen LogP contribution in [0.4, 0.5) is 0 Å². The zero-order chi connectivity index (χ0) is 18.5. The van der Waals surface area contributed by atoms with Crippen LogP contribution in [0.25, 0.3) is 0 Å². The molecule has 2 aliphatic heterocycles. The van der Waals surface area contributed by atoms with E-state index in [0.717, 1.165) is 38.8 Å². The molecule has 0 radical (unpaired) electrons. The van der Waals surface area contributed by atoms with E-state index in [9.17, 15) is 9.59 Å². The van der Waals surface area contributed by atoms with Crippen molar-refractivity contribution in [2.24, 2.45) is 5.92 Å². The molecule has 142 valence electrons. The van der Waals surface area contributed by atoms with Gasteiger partial charge >= 0.3 is 0 Å². The third kappa shape index (κ3) is 3.94. The molecule has 0 bridgehead atoms. The summed E-state index contributed by atoms with van der Waals surface area (Å²) in [6.45, 7) is 3.00. The number of hydrogen-bond donors (Lipinski definition) is 0. The largest absolute Gasteiger partial charge is 0.497 e. The molecule has 2 aliphatic rings. The molecule has 2 heterocycles. The first-order chi connectivity index (χ1) is 12.6. The second-order valence-electron chi connectivity index (χ2n) is 7.02. The van der Waals surface area contributed by atoms with Crippen LogP contribution in [0, 0.1) is 5.92 Å². The molecule has 3 rings (SSSR count). The number of likely N-dealkylation sites (tertiary alicyclic amines) is 2. The molecule has 0 N–H and O–H groups in total. The number of piperidine rings is 2. The number of nitrogens with zero attached hydrogens (tertiary/aromatic N) is 2. The van der Waals surface area contributed by atoms with E-state index in [4.69, 9.17) is 9.47 Å². The number of carbonyl (C=O) groups is 2.